The lowest BCUT2D eigenvalue weighted by atomic mass is 10.1. The number of pyridine rings is 1. The minimum atomic E-state index is -0.220. The van der Waals surface area contributed by atoms with Crippen molar-refractivity contribution in [2.24, 2.45) is 0 Å². The van der Waals surface area contributed by atoms with Crippen LogP contribution in [0.2, 0.25) is 0 Å². The number of hydrogen-bond acceptors (Lipinski definition) is 5. The number of aryl methyl sites for hydroxylation is 1. The van der Waals surface area contributed by atoms with Crippen LogP contribution in [0.3, 0.4) is 0 Å². The Labute approximate surface area is 169 Å². The fraction of sp³-hybridized carbons (Fsp3) is 0.273. The zero-order valence-electron chi connectivity index (χ0n) is 16.4. The van der Waals surface area contributed by atoms with Gasteiger partial charge in [-0.05, 0) is 30.7 Å². The molecule has 7 heteroatoms. The van der Waals surface area contributed by atoms with E-state index in [1.165, 1.54) is 16.8 Å². The lowest BCUT2D eigenvalue weighted by molar-refractivity contribution is 0.0737. The number of carbonyl (C=O) groups excluding carboxylic acids is 1. The average Bonchev–Trinajstić information content (AvgIpc) is 2.77. The molecular formula is C22H23N5O2. The van der Waals surface area contributed by atoms with Gasteiger partial charge in [0.15, 0.2) is 0 Å². The minimum absolute atomic E-state index is 0.150. The topological polar surface area (TPSA) is 71.3 Å². The van der Waals surface area contributed by atoms with Crippen molar-refractivity contribution in [2.45, 2.75) is 13.5 Å². The number of aromatic nitrogens is 3. The van der Waals surface area contributed by atoms with Gasteiger partial charge in [-0.1, -0.05) is 35.9 Å². The van der Waals surface area contributed by atoms with Crippen molar-refractivity contribution < 1.29 is 4.79 Å². The zero-order valence-corrected chi connectivity index (χ0v) is 16.4. The van der Waals surface area contributed by atoms with E-state index in [1.807, 2.05) is 49.4 Å². The van der Waals surface area contributed by atoms with Crippen LogP contribution in [0.1, 0.15) is 21.6 Å². The summed E-state index contributed by atoms with van der Waals surface area (Å²) in [5.74, 6) is 0.771. The molecule has 4 rings (SSSR count). The van der Waals surface area contributed by atoms with Crippen LogP contribution >= 0.6 is 0 Å². The third-order valence-electron chi connectivity index (χ3n) is 5.08. The number of benzene rings is 1. The molecule has 1 aliphatic heterocycles. The summed E-state index contributed by atoms with van der Waals surface area (Å²) in [4.78, 5) is 33.4. The van der Waals surface area contributed by atoms with E-state index in [0.29, 0.717) is 38.4 Å². The molecule has 0 atom stereocenters. The normalized spacial score (nSPS) is 14.1. The van der Waals surface area contributed by atoms with Gasteiger partial charge in [0.05, 0.1) is 6.54 Å². The third-order valence-corrected chi connectivity index (χ3v) is 5.08. The fourth-order valence-corrected chi connectivity index (χ4v) is 3.38. The number of rotatable bonds is 4. The number of nitrogens with zero attached hydrogens (tertiary/aromatic N) is 5. The Morgan fingerprint density at radius 1 is 0.966 bits per heavy atom. The minimum Gasteiger partial charge on any atom is -0.353 e. The molecule has 0 spiro atoms. The Hall–Kier alpha value is -3.48. The molecule has 0 unspecified atom stereocenters. The van der Waals surface area contributed by atoms with Gasteiger partial charge in [0, 0.05) is 38.4 Å². The van der Waals surface area contributed by atoms with Crippen LogP contribution in [0.25, 0.3) is 0 Å². The van der Waals surface area contributed by atoms with Crippen molar-refractivity contribution in [3.8, 4) is 0 Å². The first kappa shape index (κ1) is 18.9. The van der Waals surface area contributed by atoms with E-state index in [-0.39, 0.29) is 11.5 Å². The molecule has 1 saturated heterocycles. The van der Waals surface area contributed by atoms with Gasteiger partial charge in [0.1, 0.15) is 11.5 Å². The van der Waals surface area contributed by atoms with Crippen molar-refractivity contribution in [3.63, 3.8) is 0 Å². The maximum Gasteiger partial charge on any atom is 0.274 e. The Balaban J connectivity index is 1.45. The molecule has 2 aromatic heterocycles. The molecule has 3 aromatic rings. The quantitative estimate of drug-likeness (QED) is 0.682. The highest BCUT2D eigenvalue weighted by Crippen LogP contribution is 2.14. The molecule has 0 radical (unpaired) electrons. The Morgan fingerprint density at radius 2 is 1.72 bits per heavy atom. The van der Waals surface area contributed by atoms with Crippen molar-refractivity contribution in [2.75, 3.05) is 31.1 Å². The van der Waals surface area contributed by atoms with Crippen molar-refractivity contribution in [1.29, 1.82) is 0 Å². The molecule has 0 N–H and O–H groups in total. The number of carbonyl (C=O) groups is 1. The monoisotopic (exact) mass is 389 g/mol. The van der Waals surface area contributed by atoms with E-state index >= 15 is 0 Å². The first-order chi connectivity index (χ1) is 14.1. The van der Waals surface area contributed by atoms with Crippen LogP contribution in [-0.2, 0) is 6.54 Å². The van der Waals surface area contributed by atoms with E-state index in [0.717, 1.165) is 16.9 Å². The molecule has 1 amide bonds. The molecule has 148 valence electrons. The molecule has 1 aliphatic rings. The van der Waals surface area contributed by atoms with Gasteiger partial charge in [-0.15, -0.1) is 0 Å². The largest absolute Gasteiger partial charge is 0.353 e. The molecule has 7 nitrogen and oxygen atoms in total. The molecule has 1 aromatic carbocycles. The highest BCUT2D eigenvalue weighted by atomic mass is 16.2. The second-order valence-corrected chi connectivity index (χ2v) is 7.17. The van der Waals surface area contributed by atoms with Gasteiger partial charge in [0.2, 0.25) is 0 Å². The molecular weight excluding hydrogens is 366 g/mol. The van der Waals surface area contributed by atoms with Crippen molar-refractivity contribution in [1.82, 2.24) is 19.7 Å². The Bertz CT molecular complexity index is 1040. The van der Waals surface area contributed by atoms with Crippen LogP contribution in [0, 0.1) is 6.92 Å². The maximum atomic E-state index is 12.9. The molecule has 1 fully saturated rings. The van der Waals surface area contributed by atoms with Crippen LogP contribution in [-0.4, -0.2) is 51.8 Å². The predicted molar refractivity (Wildman–Crippen MR) is 111 cm³/mol. The lowest BCUT2D eigenvalue weighted by Crippen LogP contribution is -2.49. The second-order valence-electron chi connectivity index (χ2n) is 7.17. The van der Waals surface area contributed by atoms with Crippen molar-refractivity contribution >= 4 is 11.7 Å². The van der Waals surface area contributed by atoms with Gasteiger partial charge < -0.3 is 9.80 Å². The smallest absolute Gasteiger partial charge is 0.274 e. The summed E-state index contributed by atoms with van der Waals surface area (Å²) in [7, 11) is 0. The standard InChI is InChI=1S/C22H23N5O2/c1-17-5-7-18(8-6-17)16-27-21(28)10-9-19(24-27)22(29)26-14-12-25(13-15-26)20-4-2-3-11-23-20/h2-11H,12-16H2,1H3. The summed E-state index contributed by atoms with van der Waals surface area (Å²) in [6.07, 6.45) is 1.77. The van der Waals surface area contributed by atoms with Gasteiger partial charge in [0.25, 0.3) is 11.5 Å². The first-order valence-electron chi connectivity index (χ1n) is 9.69. The van der Waals surface area contributed by atoms with E-state index < -0.39 is 0 Å². The third kappa shape index (κ3) is 4.34. The van der Waals surface area contributed by atoms with E-state index in [4.69, 9.17) is 0 Å². The number of anilines is 1. The second kappa shape index (κ2) is 8.26. The van der Waals surface area contributed by atoms with Gasteiger partial charge >= 0.3 is 0 Å². The SMILES string of the molecule is Cc1ccc(Cn2nc(C(=O)N3CCN(c4ccccn4)CC3)ccc2=O)cc1. The molecule has 0 bridgehead atoms. The average molecular weight is 389 g/mol. The zero-order chi connectivity index (χ0) is 20.2. The number of hydrogen-bond donors (Lipinski definition) is 0. The maximum absolute atomic E-state index is 12.9. The van der Waals surface area contributed by atoms with E-state index in [9.17, 15) is 9.59 Å². The predicted octanol–water partition coefficient (Wildman–Crippen LogP) is 1.96. The van der Waals surface area contributed by atoms with Crippen LogP contribution in [0.15, 0.2) is 65.6 Å². The first-order valence-corrected chi connectivity index (χ1v) is 9.69. The van der Waals surface area contributed by atoms with Crippen molar-refractivity contribution in [3.05, 3.63) is 88.0 Å². The summed E-state index contributed by atoms with van der Waals surface area (Å²) < 4.78 is 1.35. The molecule has 29 heavy (non-hydrogen) atoms. The van der Waals surface area contributed by atoms with Gasteiger partial charge in [-0.3, -0.25) is 9.59 Å². The number of piperazine rings is 1. The summed E-state index contributed by atoms with van der Waals surface area (Å²) >= 11 is 0. The molecule has 0 saturated carbocycles. The summed E-state index contributed by atoms with van der Waals surface area (Å²) in [6.45, 7) is 4.97. The van der Waals surface area contributed by atoms with Crippen LogP contribution < -0.4 is 10.5 Å². The Kier molecular flexibility index (Phi) is 5.37. The fourth-order valence-electron chi connectivity index (χ4n) is 3.38. The lowest BCUT2D eigenvalue weighted by Gasteiger charge is -2.35. The molecule has 3 heterocycles. The van der Waals surface area contributed by atoms with Crippen LogP contribution in [0.5, 0.6) is 0 Å². The molecule has 0 aliphatic carbocycles. The summed E-state index contributed by atoms with van der Waals surface area (Å²) in [5.41, 5.74) is 2.20. The highest BCUT2D eigenvalue weighted by molar-refractivity contribution is 5.92. The van der Waals surface area contributed by atoms with Gasteiger partial charge in [-0.25, -0.2) is 9.67 Å². The summed E-state index contributed by atoms with van der Waals surface area (Å²) in [5, 5.41) is 4.33. The van der Waals surface area contributed by atoms with E-state index in [1.54, 1.807) is 11.1 Å². The number of amides is 1. The van der Waals surface area contributed by atoms with Gasteiger partial charge in [-0.2, -0.15) is 5.10 Å². The summed E-state index contributed by atoms with van der Waals surface area (Å²) in [6, 6.07) is 16.7. The van der Waals surface area contributed by atoms with E-state index in [2.05, 4.69) is 15.0 Å². The highest BCUT2D eigenvalue weighted by Gasteiger charge is 2.24. The Morgan fingerprint density at radius 3 is 2.41 bits per heavy atom. The van der Waals surface area contributed by atoms with Crippen LogP contribution in [0.4, 0.5) is 5.82 Å².